The smallest absolute Gasteiger partial charge is 0.0362 e. The van der Waals surface area contributed by atoms with E-state index in [9.17, 15) is 0 Å². The molecule has 2 rings (SSSR count). The third-order valence-electron chi connectivity index (χ3n) is 4.98. The van der Waals surface area contributed by atoms with Crippen LogP contribution in [-0.2, 0) is 6.42 Å². The van der Waals surface area contributed by atoms with Gasteiger partial charge < -0.3 is 10.2 Å². The molecule has 1 saturated carbocycles. The van der Waals surface area contributed by atoms with E-state index in [2.05, 4.69) is 55.7 Å². The molecule has 2 nitrogen and oxygen atoms in total. The topological polar surface area (TPSA) is 15.3 Å². The van der Waals surface area contributed by atoms with Gasteiger partial charge in [0.15, 0.2) is 0 Å². The van der Waals surface area contributed by atoms with Crippen LogP contribution in [0, 0.1) is 5.92 Å². The first kappa shape index (κ1) is 16.0. The van der Waals surface area contributed by atoms with Crippen LogP contribution >= 0.6 is 11.3 Å². The molecule has 1 N–H and O–H groups in total. The lowest BCUT2D eigenvalue weighted by molar-refractivity contribution is 0.0381. The molecule has 1 aromatic heterocycles. The van der Waals surface area contributed by atoms with Crippen molar-refractivity contribution in [1.29, 1.82) is 0 Å². The van der Waals surface area contributed by atoms with Crippen molar-refractivity contribution in [3.63, 3.8) is 0 Å². The van der Waals surface area contributed by atoms with Crippen molar-refractivity contribution in [2.75, 3.05) is 20.6 Å². The van der Waals surface area contributed by atoms with E-state index in [1.807, 2.05) is 11.3 Å². The lowest BCUT2D eigenvalue weighted by atomic mass is 9.70. The SMILES string of the molecule is CCNC(Cc1cccs1)C1(N(C)C)CCCC(C)C1. The molecule has 0 spiro atoms. The van der Waals surface area contributed by atoms with Crippen molar-refractivity contribution < 1.29 is 0 Å². The molecule has 0 radical (unpaired) electrons. The standard InChI is InChI=1S/C17H30N2S/c1-5-18-16(12-15-9-7-11-20-15)17(19(3)4)10-6-8-14(2)13-17/h7,9,11,14,16,18H,5-6,8,10,12-13H2,1-4H3. The molecule has 1 fully saturated rings. The number of thiophene rings is 1. The van der Waals surface area contributed by atoms with Crippen LogP contribution in [0.2, 0.25) is 0 Å². The highest BCUT2D eigenvalue weighted by Crippen LogP contribution is 2.39. The Kier molecular flexibility index (Phi) is 5.65. The average Bonchev–Trinajstić information content (AvgIpc) is 2.91. The van der Waals surface area contributed by atoms with Gasteiger partial charge in [-0.1, -0.05) is 32.8 Å². The van der Waals surface area contributed by atoms with Gasteiger partial charge in [0.1, 0.15) is 0 Å². The van der Waals surface area contributed by atoms with Gasteiger partial charge in [-0.2, -0.15) is 0 Å². The summed E-state index contributed by atoms with van der Waals surface area (Å²) in [6, 6.07) is 5.02. The van der Waals surface area contributed by atoms with E-state index >= 15 is 0 Å². The van der Waals surface area contributed by atoms with Gasteiger partial charge in [-0.3, -0.25) is 0 Å². The van der Waals surface area contributed by atoms with Crippen LogP contribution in [0.1, 0.15) is 44.4 Å². The van der Waals surface area contributed by atoms with Crippen molar-refractivity contribution >= 4 is 11.3 Å². The summed E-state index contributed by atoms with van der Waals surface area (Å²) in [5.74, 6) is 0.843. The van der Waals surface area contributed by atoms with Crippen LogP contribution in [0.3, 0.4) is 0 Å². The molecule has 3 unspecified atom stereocenters. The van der Waals surface area contributed by atoms with Gasteiger partial charge in [-0.25, -0.2) is 0 Å². The maximum atomic E-state index is 3.80. The zero-order valence-corrected chi connectivity index (χ0v) is 14.3. The highest BCUT2D eigenvalue weighted by molar-refractivity contribution is 7.09. The summed E-state index contributed by atoms with van der Waals surface area (Å²) in [6.45, 7) is 5.71. The third kappa shape index (κ3) is 3.44. The summed E-state index contributed by atoms with van der Waals surface area (Å²) in [5.41, 5.74) is 0.317. The Balaban J connectivity index is 2.22. The fourth-order valence-electron chi connectivity index (χ4n) is 3.93. The van der Waals surface area contributed by atoms with Crippen LogP contribution in [0.4, 0.5) is 0 Å². The van der Waals surface area contributed by atoms with Gasteiger partial charge in [-0.15, -0.1) is 11.3 Å². The van der Waals surface area contributed by atoms with Crippen LogP contribution < -0.4 is 5.32 Å². The normalized spacial score (nSPS) is 28.8. The second kappa shape index (κ2) is 7.06. The molecule has 0 aliphatic heterocycles. The number of nitrogens with one attached hydrogen (secondary N) is 1. The summed E-state index contributed by atoms with van der Waals surface area (Å²) < 4.78 is 0. The minimum atomic E-state index is 0.317. The van der Waals surface area contributed by atoms with Gasteiger partial charge in [0.05, 0.1) is 0 Å². The van der Waals surface area contributed by atoms with Crippen LogP contribution in [-0.4, -0.2) is 37.1 Å². The Hall–Kier alpha value is -0.380. The first-order chi connectivity index (χ1) is 9.58. The molecule has 0 amide bonds. The van der Waals surface area contributed by atoms with E-state index in [1.165, 1.54) is 30.6 Å². The first-order valence-corrected chi connectivity index (χ1v) is 8.89. The van der Waals surface area contributed by atoms with Crippen LogP contribution in [0.5, 0.6) is 0 Å². The fraction of sp³-hybridized carbons (Fsp3) is 0.765. The minimum absolute atomic E-state index is 0.317. The third-order valence-corrected chi connectivity index (χ3v) is 5.88. The van der Waals surface area contributed by atoms with Crippen molar-refractivity contribution in [3.8, 4) is 0 Å². The maximum absolute atomic E-state index is 3.80. The number of rotatable bonds is 6. The zero-order chi connectivity index (χ0) is 14.6. The number of hydrogen-bond acceptors (Lipinski definition) is 3. The predicted octanol–water partition coefficient (Wildman–Crippen LogP) is 3.78. The Bertz CT molecular complexity index is 388. The quantitative estimate of drug-likeness (QED) is 0.859. The Morgan fingerprint density at radius 1 is 1.50 bits per heavy atom. The molecule has 0 bridgehead atoms. The van der Waals surface area contributed by atoms with Crippen molar-refractivity contribution in [3.05, 3.63) is 22.4 Å². The lowest BCUT2D eigenvalue weighted by Gasteiger charge is -2.50. The number of nitrogens with zero attached hydrogens (tertiary/aromatic N) is 1. The lowest BCUT2D eigenvalue weighted by Crippen LogP contribution is -2.61. The monoisotopic (exact) mass is 294 g/mol. The minimum Gasteiger partial charge on any atom is -0.312 e. The Morgan fingerprint density at radius 2 is 2.30 bits per heavy atom. The summed E-state index contributed by atoms with van der Waals surface area (Å²) >= 11 is 1.89. The predicted molar refractivity (Wildman–Crippen MR) is 89.5 cm³/mol. The molecule has 1 aliphatic carbocycles. The fourth-order valence-corrected chi connectivity index (χ4v) is 4.68. The van der Waals surface area contributed by atoms with E-state index in [-0.39, 0.29) is 0 Å². The van der Waals surface area contributed by atoms with Gasteiger partial charge in [-0.05, 0) is 57.3 Å². The van der Waals surface area contributed by atoms with Crippen LogP contribution in [0.25, 0.3) is 0 Å². The van der Waals surface area contributed by atoms with Gasteiger partial charge >= 0.3 is 0 Å². The zero-order valence-electron chi connectivity index (χ0n) is 13.5. The molecule has 3 heteroatoms. The first-order valence-electron chi connectivity index (χ1n) is 8.01. The van der Waals surface area contributed by atoms with Crippen molar-refractivity contribution in [1.82, 2.24) is 10.2 Å². The Labute approximate surface area is 128 Å². The molecule has 1 aromatic rings. The molecule has 114 valence electrons. The van der Waals surface area contributed by atoms with E-state index in [0.717, 1.165) is 18.9 Å². The second-order valence-corrected chi connectivity index (χ2v) is 7.63. The van der Waals surface area contributed by atoms with E-state index in [0.29, 0.717) is 11.6 Å². The van der Waals surface area contributed by atoms with Gasteiger partial charge in [0.2, 0.25) is 0 Å². The number of likely N-dealkylation sites (N-methyl/N-ethyl adjacent to an activating group) is 2. The van der Waals surface area contributed by atoms with Gasteiger partial charge in [0.25, 0.3) is 0 Å². The molecule has 1 aliphatic rings. The largest absolute Gasteiger partial charge is 0.312 e. The summed E-state index contributed by atoms with van der Waals surface area (Å²) in [5, 5.41) is 6.00. The summed E-state index contributed by atoms with van der Waals surface area (Å²) in [7, 11) is 4.55. The molecular formula is C17H30N2S. The molecule has 1 heterocycles. The molecule has 0 aromatic carbocycles. The number of hydrogen-bond donors (Lipinski definition) is 1. The van der Waals surface area contributed by atoms with Gasteiger partial charge in [0, 0.05) is 16.5 Å². The van der Waals surface area contributed by atoms with Crippen LogP contribution in [0.15, 0.2) is 17.5 Å². The van der Waals surface area contributed by atoms with Crippen molar-refractivity contribution in [2.24, 2.45) is 5.92 Å². The maximum Gasteiger partial charge on any atom is 0.0362 e. The molecular weight excluding hydrogens is 264 g/mol. The summed E-state index contributed by atoms with van der Waals surface area (Å²) in [4.78, 5) is 4.01. The Morgan fingerprint density at radius 3 is 2.85 bits per heavy atom. The van der Waals surface area contributed by atoms with E-state index in [4.69, 9.17) is 0 Å². The molecule has 3 atom stereocenters. The van der Waals surface area contributed by atoms with E-state index < -0.39 is 0 Å². The van der Waals surface area contributed by atoms with Crippen molar-refractivity contribution in [2.45, 2.75) is 57.5 Å². The molecule has 0 saturated heterocycles. The second-order valence-electron chi connectivity index (χ2n) is 6.59. The van der Waals surface area contributed by atoms with E-state index in [1.54, 1.807) is 0 Å². The highest BCUT2D eigenvalue weighted by Gasteiger charge is 2.43. The molecule has 20 heavy (non-hydrogen) atoms. The highest BCUT2D eigenvalue weighted by atomic mass is 32.1. The summed E-state index contributed by atoms with van der Waals surface area (Å²) in [6.07, 6.45) is 6.58. The average molecular weight is 295 g/mol.